The molecule has 2 aromatic heterocycles. The molecule has 0 saturated heterocycles. The van der Waals surface area contributed by atoms with Gasteiger partial charge in [0.15, 0.2) is 5.65 Å². The number of fused-ring (bicyclic) bond motifs is 1. The van der Waals surface area contributed by atoms with E-state index in [0.717, 1.165) is 22.5 Å². The number of aromatic nitrogens is 3. The highest BCUT2D eigenvalue weighted by atomic mass is 16.5. The Morgan fingerprint density at radius 1 is 1.14 bits per heavy atom. The molecule has 1 aromatic carbocycles. The fourth-order valence-corrected chi connectivity index (χ4v) is 2.30. The second-order valence-corrected chi connectivity index (χ2v) is 4.52. The first-order valence-corrected chi connectivity index (χ1v) is 6.52. The molecule has 0 unspecified atom stereocenters. The Hall–Kier alpha value is -2.60. The van der Waals surface area contributed by atoms with E-state index < -0.39 is 0 Å². The van der Waals surface area contributed by atoms with Crippen LogP contribution in [0.5, 0.6) is 11.5 Å². The molecule has 0 aliphatic rings. The summed E-state index contributed by atoms with van der Waals surface area (Å²) >= 11 is 0. The Morgan fingerprint density at radius 2 is 1.86 bits per heavy atom. The molecule has 0 aliphatic heterocycles. The Bertz CT molecular complexity index is 760. The zero-order valence-corrected chi connectivity index (χ0v) is 11.9. The quantitative estimate of drug-likeness (QED) is 0.791. The van der Waals surface area contributed by atoms with Crippen LogP contribution in [0.1, 0.15) is 5.56 Å². The maximum absolute atomic E-state index is 5.88. The minimum atomic E-state index is 0.357. The first-order valence-electron chi connectivity index (χ1n) is 6.52. The van der Waals surface area contributed by atoms with Gasteiger partial charge in [0.05, 0.1) is 19.9 Å². The summed E-state index contributed by atoms with van der Waals surface area (Å²) in [5, 5.41) is 4.57. The molecule has 21 heavy (non-hydrogen) atoms. The molecule has 0 bridgehead atoms. The number of hydrogen-bond donors (Lipinski definition) is 1. The zero-order chi connectivity index (χ0) is 14.8. The summed E-state index contributed by atoms with van der Waals surface area (Å²) in [6.45, 7) is 0.357. The number of nitrogens with two attached hydrogens (primary N) is 1. The minimum Gasteiger partial charge on any atom is -0.497 e. The smallest absolute Gasteiger partial charge is 0.160 e. The van der Waals surface area contributed by atoms with Gasteiger partial charge in [-0.15, -0.1) is 0 Å². The molecule has 0 atom stereocenters. The van der Waals surface area contributed by atoms with E-state index in [-0.39, 0.29) is 0 Å². The van der Waals surface area contributed by atoms with Crippen molar-refractivity contribution < 1.29 is 9.47 Å². The van der Waals surface area contributed by atoms with E-state index in [1.807, 2.05) is 30.5 Å². The van der Waals surface area contributed by atoms with Crippen LogP contribution in [-0.2, 0) is 6.54 Å². The third kappa shape index (κ3) is 2.30. The molecule has 6 heteroatoms. The van der Waals surface area contributed by atoms with Crippen LogP contribution < -0.4 is 15.2 Å². The van der Waals surface area contributed by atoms with Crippen LogP contribution in [-0.4, -0.2) is 28.8 Å². The van der Waals surface area contributed by atoms with Gasteiger partial charge in [-0.3, -0.25) is 0 Å². The standard InChI is InChI=1S/C15H16N4O2/c1-20-11-6-10(7-12(8-11)21-2)14-13(9-16)15-17-4-3-5-19(15)18-14/h3-8H,9,16H2,1-2H3. The monoisotopic (exact) mass is 284 g/mol. The molecule has 0 aliphatic carbocycles. The number of nitrogens with zero attached hydrogens (tertiary/aromatic N) is 3. The van der Waals surface area contributed by atoms with E-state index in [1.54, 1.807) is 24.9 Å². The van der Waals surface area contributed by atoms with Gasteiger partial charge >= 0.3 is 0 Å². The SMILES string of the molecule is COc1cc(OC)cc(-c2nn3cccnc3c2CN)c1. The summed E-state index contributed by atoms with van der Waals surface area (Å²) in [7, 11) is 3.24. The predicted octanol–water partition coefficient (Wildman–Crippen LogP) is 1.87. The highest BCUT2D eigenvalue weighted by molar-refractivity contribution is 5.72. The van der Waals surface area contributed by atoms with Crippen LogP contribution >= 0.6 is 0 Å². The Balaban J connectivity index is 2.24. The summed E-state index contributed by atoms with van der Waals surface area (Å²) in [4.78, 5) is 4.34. The molecule has 0 saturated carbocycles. The third-order valence-corrected chi connectivity index (χ3v) is 3.32. The Kier molecular flexibility index (Phi) is 3.45. The summed E-state index contributed by atoms with van der Waals surface area (Å²) < 4.78 is 12.3. The van der Waals surface area contributed by atoms with E-state index in [4.69, 9.17) is 15.2 Å². The highest BCUT2D eigenvalue weighted by Crippen LogP contribution is 2.31. The van der Waals surface area contributed by atoms with Crippen LogP contribution in [0.25, 0.3) is 16.9 Å². The normalized spacial score (nSPS) is 10.8. The van der Waals surface area contributed by atoms with Crippen molar-refractivity contribution in [1.29, 1.82) is 0 Å². The van der Waals surface area contributed by atoms with Crippen molar-refractivity contribution in [2.24, 2.45) is 5.73 Å². The lowest BCUT2D eigenvalue weighted by Crippen LogP contribution is -1.99. The molecule has 0 spiro atoms. The van der Waals surface area contributed by atoms with Crippen LogP contribution in [0.2, 0.25) is 0 Å². The molecule has 0 fully saturated rings. The molecule has 3 rings (SSSR count). The van der Waals surface area contributed by atoms with Crippen LogP contribution in [0.15, 0.2) is 36.7 Å². The maximum atomic E-state index is 5.88. The van der Waals surface area contributed by atoms with E-state index in [1.165, 1.54) is 0 Å². The van der Waals surface area contributed by atoms with E-state index in [0.29, 0.717) is 18.0 Å². The lowest BCUT2D eigenvalue weighted by atomic mass is 10.1. The van der Waals surface area contributed by atoms with Gasteiger partial charge in [0.25, 0.3) is 0 Å². The topological polar surface area (TPSA) is 74.7 Å². The number of rotatable bonds is 4. The van der Waals surface area contributed by atoms with Gasteiger partial charge in [-0.2, -0.15) is 5.10 Å². The van der Waals surface area contributed by atoms with Crippen molar-refractivity contribution in [3.8, 4) is 22.8 Å². The van der Waals surface area contributed by atoms with Crippen LogP contribution in [0, 0.1) is 0 Å². The lowest BCUT2D eigenvalue weighted by Gasteiger charge is -2.07. The summed E-state index contributed by atoms with van der Waals surface area (Å²) in [6, 6.07) is 7.46. The molecule has 2 N–H and O–H groups in total. The highest BCUT2D eigenvalue weighted by Gasteiger charge is 2.15. The van der Waals surface area contributed by atoms with Crippen molar-refractivity contribution in [2.75, 3.05) is 14.2 Å². The zero-order valence-electron chi connectivity index (χ0n) is 11.9. The van der Waals surface area contributed by atoms with Crippen molar-refractivity contribution in [2.45, 2.75) is 6.54 Å². The van der Waals surface area contributed by atoms with Gasteiger partial charge < -0.3 is 15.2 Å². The molecular weight excluding hydrogens is 268 g/mol. The molecule has 0 radical (unpaired) electrons. The summed E-state index contributed by atoms with van der Waals surface area (Å²) in [5.41, 5.74) is 9.21. The van der Waals surface area contributed by atoms with Gasteiger partial charge in [0, 0.05) is 36.1 Å². The van der Waals surface area contributed by atoms with Gasteiger partial charge in [0.1, 0.15) is 11.5 Å². The van der Waals surface area contributed by atoms with E-state index in [9.17, 15) is 0 Å². The molecule has 0 amide bonds. The summed E-state index contributed by atoms with van der Waals surface area (Å²) in [6.07, 6.45) is 3.58. The predicted molar refractivity (Wildman–Crippen MR) is 79.4 cm³/mol. The minimum absolute atomic E-state index is 0.357. The Labute approximate surface area is 122 Å². The van der Waals surface area contributed by atoms with Crippen LogP contribution in [0.3, 0.4) is 0 Å². The molecule has 2 heterocycles. The molecule has 6 nitrogen and oxygen atoms in total. The fourth-order valence-electron chi connectivity index (χ4n) is 2.30. The van der Waals surface area contributed by atoms with Crippen molar-refractivity contribution >= 4 is 5.65 Å². The largest absolute Gasteiger partial charge is 0.497 e. The van der Waals surface area contributed by atoms with Crippen LogP contribution in [0.4, 0.5) is 0 Å². The first kappa shape index (κ1) is 13.4. The van der Waals surface area contributed by atoms with Gasteiger partial charge in [-0.25, -0.2) is 9.50 Å². The van der Waals surface area contributed by atoms with E-state index >= 15 is 0 Å². The molecule has 3 aromatic rings. The number of ether oxygens (including phenoxy) is 2. The Morgan fingerprint density at radius 3 is 2.48 bits per heavy atom. The maximum Gasteiger partial charge on any atom is 0.160 e. The second kappa shape index (κ2) is 5.41. The van der Waals surface area contributed by atoms with E-state index in [2.05, 4.69) is 10.1 Å². The third-order valence-electron chi connectivity index (χ3n) is 3.32. The van der Waals surface area contributed by atoms with Gasteiger partial charge in [-0.1, -0.05) is 0 Å². The molecular formula is C15H16N4O2. The number of benzene rings is 1. The van der Waals surface area contributed by atoms with Crippen molar-refractivity contribution in [3.05, 3.63) is 42.2 Å². The lowest BCUT2D eigenvalue weighted by molar-refractivity contribution is 0.394. The summed E-state index contributed by atoms with van der Waals surface area (Å²) in [5.74, 6) is 1.41. The second-order valence-electron chi connectivity index (χ2n) is 4.52. The average molecular weight is 284 g/mol. The fraction of sp³-hybridized carbons (Fsp3) is 0.200. The van der Waals surface area contributed by atoms with Crippen molar-refractivity contribution in [3.63, 3.8) is 0 Å². The number of hydrogen-bond acceptors (Lipinski definition) is 5. The molecule has 108 valence electrons. The average Bonchev–Trinajstić information content (AvgIpc) is 2.92. The number of methoxy groups -OCH3 is 2. The first-order chi connectivity index (χ1) is 10.3. The van der Waals surface area contributed by atoms with Crippen molar-refractivity contribution in [1.82, 2.24) is 14.6 Å². The van der Waals surface area contributed by atoms with Gasteiger partial charge in [0.2, 0.25) is 0 Å². The van der Waals surface area contributed by atoms with Gasteiger partial charge in [-0.05, 0) is 18.2 Å².